The summed E-state index contributed by atoms with van der Waals surface area (Å²) in [5.41, 5.74) is 3.62. The molecule has 0 amide bonds. The molecule has 2 aromatic carbocycles. The maximum absolute atomic E-state index is 13.3. The second kappa shape index (κ2) is 8.26. The van der Waals surface area contributed by atoms with Gasteiger partial charge in [-0.05, 0) is 50.1 Å². The first-order chi connectivity index (χ1) is 15.2. The Hall–Kier alpha value is -3.60. The normalized spacial score (nSPS) is 14.1. The molecule has 0 saturated heterocycles. The fraction of sp³-hybridized carbons (Fsp3) is 0.231. The van der Waals surface area contributed by atoms with E-state index in [1.807, 2.05) is 61.5 Å². The third-order valence-corrected chi connectivity index (χ3v) is 5.88. The van der Waals surface area contributed by atoms with Gasteiger partial charge in [-0.2, -0.15) is 0 Å². The van der Waals surface area contributed by atoms with E-state index in [0.717, 1.165) is 41.2 Å². The summed E-state index contributed by atoms with van der Waals surface area (Å²) in [4.78, 5) is 18.1. The van der Waals surface area contributed by atoms with Gasteiger partial charge in [-0.1, -0.05) is 49.2 Å². The standard InChI is InChI=1S/C26H26N4O/c1-18-16-22-25(26(27-18)29-20-12-8-9-13-20)23(31)17-24(28-19-10-4-2-5-11-19)30(22)21-14-6-3-7-15-21/h2-7,10-11,14-17,20,28H,8-9,12-13H2,1H3,(H,27,29). The minimum Gasteiger partial charge on any atom is -0.367 e. The number of fused-ring (bicyclic) bond motifs is 1. The molecule has 4 aromatic rings. The number of benzene rings is 2. The number of nitrogens with zero attached hydrogens (tertiary/aromatic N) is 2. The summed E-state index contributed by atoms with van der Waals surface area (Å²) in [5.74, 6) is 1.43. The fourth-order valence-corrected chi connectivity index (χ4v) is 4.45. The van der Waals surface area contributed by atoms with Crippen LogP contribution in [0.25, 0.3) is 16.6 Å². The number of rotatable bonds is 5. The van der Waals surface area contributed by atoms with Gasteiger partial charge in [-0.15, -0.1) is 0 Å². The van der Waals surface area contributed by atoms with E-state index in [0.29, 0.717) is 17.2 Å². The summed E-state index contributed by atoms with van der Waals surface area (Å²) >= 11 is 0. The Labute approximate surface area is 181 Å². The van der Waals surface area contributed by atoms with Crippen LogP contribution in [0.5, 0.6) is 0 Å². The molecule has 0 bridgehead atoms. The molecular formula is C26H26N4O. The molecule has 5 heteroatoms. The van der Waals surface area contributed by atoms with E-state index >= 15 is 0 Å². The van der Waals surface area contributed by atoms with Crippen LogP contribution in [0.1, 0.15) is 31.4 Å². The maximum Gasteiger partial charge on any atom is 0.195 e. The number of nitrogens with one attached hydrogen (secondary N) is 2. The lowest BCUT2D eigenvalue weighted by molar-refractivity contribution is 0.751. The van der Waals surface area contributed by atoms with Crippen molar-refractivity contribution in [3.8, 4) is 5.69 Å². The molecule has 1 aliphatic rings. The average molecular weight is 411 g/mol. The van der Waals surface area contributed by atoms with Gasteiger partial charge in [0.2, 0.25) is 0 Å². The van der Waals surface area contributed by atoms with Gasteiger partial charge in [-0.3, -0.25) is 9.36 Å². The Morgan fingerprint density at radius 1 is 0.935 bits per heavy atom. The highest BCUT2D eigenvalue weighted by Crippen LogP contribution is 2.30. The molecule has 5 nitrogen and oxygen atoms in total. The highest BCUT2D eigenvalue weighted by molar-refractivity contribution is 5.92. The summed E-state index contributed by atoms with van der Waals surface area (Å²) < 4.78 is 2.11. The first kappa shape index (κ1) is 19.4. The second-order valence-corrected chi connectivity index (χ2v) is 8.19. The molecule has 0 aliphatic heterocycles. The zero-order valence-corrected chi connectivity index (χ0v) is 17.6. The molecule has 2 aromatic heterocycles. The number of pyridine rings is 2. The summed E-state index contributed by atoms with van der Waals surface area (Å²) in [6.07, 6.45) is 4.69. The van der Waals surface area contributed by atoms with Gasteiger partial charge >= 0.3 is 0 Å². The molecule has 0 spiro atoms. The van der Waals surface area contributed by atoms with E-state index in [1.165, 1.54) is 12.8 Å². The summed E-state index contributed by atoms with van der Waals surface area (Å²) in [7, 11) is 0. The largest absolute Gasteiger partial charge is 0.367 e. The molecule has 0 unspecified atom stereocenters. The van der Waals surface area contributed by atoms with Crippen LogP contribution in [-0.4, -0.2) is 15.6 Å². The van der Waals surface area contributed by atoms with E-state index < -0.39 is 0 Å². The Morgan fingerprint density at radius 2 is 1.61 bits per heavy atom. The van der Waals surface area contributed by atoms with Gasteiger partial charge in [0.15, 0.2) is 5.43 Å². The number of anilines is 3. The second-order valence-electron chi connectivity index (χ2n) is 8.19. The Balaban J connectivity index is 1.75. The van der Waals surface area contributed by atoms with Gasteiger partial charge in [0, 0.05) is 29.2 Å². The number of aryl methyl sites for hydroxylation is 1. The lowest BCUT2D eigenvalue weighted by Crippen LogP contribution is -2.20. The third kappa shape index (κ3) is 3.91. The van der Waals surface area contributed by atoms with Crippen LogP contribution < -0.4 is 16.1 Å². The minimum atomic E-state index is -0.0337. The number of para-hydroxylation sites is 2. The Kier molecular flexibility index (Phi) is 5.16. The molecule has 156 valence electrons. The quantitative estimate of drug-likeness (QED) is 0.437. The van der Waals surface area contributed by atoms with E-state index in [4.69, 9.17) is 4.98 Å². The summed E-state index contributed by atoms with van der Waals surface area (Å²) in [6.45, 7) is 1.98. The monoisotopic (exact) mass is 410 g/mol. The molecule has 0 atom stereocenters. The predicted octanol–water partition coefficient (Wildman–Crippen LogP) is 5.79. The van der Waals surface area contributed by atoms with E-state index in [1.54, 1.807) is 6.07 Å². The molecule has 1 saturated carbocycles. The molecular weight excluding hydrogens is 384 g/mol. The summed E-state index contributed by atoms with van der Waals surface area (Å²) in [6, 6.07) is 24.1. The van der Waals surface area contributed by atoms with E-state index in [2.05, 4.69) is 27.3 Å². The third-order valence-electron chi connectivity index (χ3n) is 5.88. The first-order valence-electron chi connectivity index (χ1n) is 10.9. The molecule has 1 aliphatic carbocycles. The smallest absolute Gasteiger partial charge is 0.195 e. The Morgan fingerprint density at radius 3 is 2.32 bits per heavy atom. The van der Waals surface area contributed by atoms with Crippen LogP contribution in [0.2, 0.25) is 0 Å². The predicted molar refractivity (Wildman–Crippen MR) is 128 cm³/mol. The summed E-state index contributed by atoms with van der Waals surface area (Å²) in [5, 5.41) is 7.65. The van der Waals surface area contributed by atoms with E-state index in [-0.39, 0.29) is 5.43 Å². The van der Waals surface area contributed by atoms with Gasteiger partial charge in [-0.25, -0.2) is 4.98 Å². The lowest BCUT2D eigenvalue weighted by atomic mass is 10.1. The van der Waals surface area contributed by atoms with Gasteiger partial charge in [0.25, 0.3) is 0 Å². The van der Waals surface area contributed by atoms with Crippen molar-refractivity contribution in [1.82, 2.24) is 9.55 Å². The number of aromatic nitrogens is 2. The zero-order chi connectivity index (χ0) is 21.2. The van der Waals surface area contributed by atoms with Crippen molar-refractivity contribution >= 4 is 28.2 Å². The van der Waals surface area contributed by atoms with Crippen molar-refractivity contribution in [2.45, 2.75) is 38.6 Å². The van der Waals surface area contributed by atoms with E-state index in [9.17, 15) is 4.79 Å². The van der Waals surface area contributed by atoms with Crippen molar-refractivity contribution in [3.63, 3.8) is 0 Å². The molecule has 1 fully saturated rings. The lowest BCUT2D eigenvalue weighted by Gasteiger charge is -2.21. The first-order valence-corrected chi connectivity index (χ1v) is 10.9. The molecule has 31 heavy (non-hydrogen) atoms. The van der Waals surface area contributed by atoms with Crippen molar-refractivity contribution in [1.29, 1.82) is 0 Å². The van der Waals surface area contributed by atoms with Crippen LogP contribution in [0, 0.1) is 6.92 Å². The Bertz CT molecular complexity index is 1260. The number of hydrogen-bond acceptors (Lipinski definition) is 4. The highest BCUT2D eigenvalue weighted by Gasteiger charge is 2.20. The van der Waals surface area contributed by atoms with Crippen molar-refractivity contribution in [2.24, 2.45) is 0 Å². The van der Waals surface area contributed by atoms with Crippen LogP contribution in [-0.2, 0) is 0 Å². The van der Waals surface area contributed by atoms with Crippen molar-refractivity contribution < 1.29 is 0 Å². The molecule has 2 heterocycles. The van der Waals surface area contributed by atoms with Gasteiger partial charge in [0.05, 0.1) is 10.9 Å². The van der Waals surface area contributed by atoms with Crippen LogP contribution >= 0.6 is 0 Å². The fourth-order valence-electron chi connectivity index (χ4n) is 4.45. The zero-order valence-electron chi connectivity index (χ0n) is 17.6. The average Bonchev–Trinajstić information content (AvgIpc) is 3.28. The van der Waals surface area contributed by atoms with Gasteiger partial charge < -0.3 is 10.6 Å². The van der Waals surface area contributed by atoms with Crippen LogP contribution in [0.15, 0.2) is 77.6 Å². The number of hydrogen-bond donors (Lipinski definition) is 2. The highest BCUT2D eigenvalue weighted by atomic mass is 16.1. The van der Waals surface area contributed by atoms with Crippen molar-refractivity contribution in [3.05, 3.63) is 88.7 Å². The van der Waals surface area contributed by atoms with Crippen LogP contribution in [0.4, 0.5) is 17.3 Å². The SMILES string of the molecule is Cc1cc2c(c(NC3CCCC3)n1)c(=O)cc(Nc1ccccc1)n2-c1ccccc1. The molecule has 0 radical (unpaired) electrons. The van der Waals surface area contributed by atoms with Gasteiger partial charge in [0.1, 0.15) is 11.6 Å². The minimum absolute atomic E-state index is 0.0337. The molecule has 2 N–H and O–H groups in total. The topological polar surface area (TPSA) is 59.0 Å². The van der Waals surface area contributed by atoms with Crippen LogP contribution in [0.3, 0.4) is 0 Å². The maximum atomic E-state index is 13.3. The van der Waals surface area contributed by atoms with Crippen molar-refractivity contribution in [2.75, 3.05) is 10.6 Å². The molecule has 5 rings (SSSR count).